The van der Waals surface area contributed by atoms with Gasteiger partial charge in [-0.2, -0.15) is 0 Å². The molecule has 1 aromatic rings. The molecule has 190 valence electrons. The Labute approximate surface area is 212 Å². The minimum Gasteiger partial charge on any atom is -0.378 e. The number of nitrogens with zero attached hydrogens (tertiary/aromatic N) is 2. The first kappa shape index (κ1) is 24.6. The minimum absolute atomic E-state index is 0.00919. The van der Waals surface area contributed by atoms with Gasteiger partial charge in [-0.25, -0.2) is 4.99 Å². The van der Waals surface area contributed by atoms with Gasteiger partial charge in [-0.05, 0) is 62.8 Å². The smallest absolute Gasteiger partial charge is 0.232 e. The lowest BCUT2D eigenvalue weighted by molar-refractivity contribution is -0.245. The van der Waals surface area contributed by atoms with Crippen molar-refractivity contribution in [2.75, 3.05) is 11.9 Å². The topological polar surface area (TPSA) is 97.0 Å². The maximum Gasteiger partial charge on any atom is 0.232 e. The number of nitrogens with two attached hydrogens (primary N) is 1. The molecule has 5 aliphatic rings. The molecule has 6 rings (SSSR count). The summed E-state index contributed by atoms with van der Waals surface area (Å²) in [5.41, 5.74) is 6.93. The van der Waals surface area contributed by atoms with Crippen molar-refractivity contribution in [3.63, 3.8) is 0 Å². The van der Waals surface area contributed by atoms with Gasteiger partial charge < -0.3 is 15.8 Å². The van der Waals surface area contributed by atoms with Gasteiger partial charge in [-0.15, -0.1) is 0 Å². The van der Waals surface area contributed by atoms with Crippen molar-refractivity contribution >= 4 is 35.1 Å². The van der Waals surface area contributed by atoms with E-state index in [9.17, 15) is 9.59 Å². The Morgan fingerprint density at radius 1 is 1.29 bits per heavy atom. The second-order valence-corrected chi connectivity index (χ2v) is 12.9. The second-order valence-electron chi connectivity index (χ2n) is 12.5. The predicted molar refractivity (Wildman–Crippen MR) is 137 cm³/mol. The molecule has 0 unspecified atom stereocenters. The first-order valence-corrected chi connectivity index (χ1v) is 13.1. The van der Waals surface area contributed by atoms with E-state index in [0.29, 0.717) is 22.9 Å². The van der Waals surface area contributed by atoms with Crippen LogP contribution in [0.2, 0.25) is 5.02 Å². The molecule has 7 nitrogen and oxygen atoms in total. The zero-order chi connectivity index (χ0) is 25.4. The Hall–Kier alpha value is -2.12. The Kier molecular flexibility index (Phi) is 5.57. The average Bonchev–Trinajstić information content (AvgIpc) is 2.65. The van der Waals surface area contributed by atoms with Crippen molar-refractivity contribution in [1.29, 1.82) is 0 Å². The van der Waals surface area contributed by atoms with Crippen LogP contribution in [0.3, 0.4) is 0 Å². The van der Waals surface area contributed by atoms with E-state index < -0.39 is 5.54 Å². The summed E-state index contributed by atoms with van der Waals surface area (Å²) < 4.78 is 5.63. The predicted octanol–water partition coefficient (Wildman–Crippen LogP) is 4.82. The summed E-state index contributed by atoms with van der Waals surface area (Å²) >= 11 is 6.83. The van der Waals surface area contributed by atoms with Gasteiger partial charge in [0.15, 0.2) is 5.96 Å². The lowest BCUT2D eigenvalue weighted by atomic mass is 9.29. The number of guanidine groups is 1. The summed E-state index contributed by atoms with van der Waals surface area (Å²) in [6, 6.07) is 5.52. The van der Waals surface area contributed by atoms with Crippen LogP contribution < -0.4 is 11.1 Å². The third-order valence-corrected chi connectivity index (χ3v) is 9.53. The molecule has 1 saturated heterocycles. The summed E-state index contributed by atoms with van der Waals surface area (Å²) in [6.45, 7) is 11.3. The van der Waals surface area contributed by atoms with Crippen molar-refractivity contribution in [2.45, 2.75) is 90.8 Å². The van der Waals surface area contributed by atoms with Crippen LogP contribution in [0.5, 0.6) is 0 Å². The second kappa shape index (κ2) is 7.94. The van der Waals surface area contributed by atoms with Crippen LogP contribution in [0.1, 0.15) is 78.7 Å². The first-order chi connectivity index (χ1) is 16.3. The van der Waals surface area contributed by atoms with E-state index in [1.165, 1.54) is 0 Å². The highest BCUT2D eigenvalue weighted by molar-refractivity contribution is 6.34. The number of carbonyl (C=O) groups excluding carboxylic acids is 2. The molecule has 3 atom stereocenters. The molecule has 3 aliphatic carbocycles. The van der Waals surface area contributed by atoms with Gasteiger partial charge in [0.2, 0.25) is 11.8 Å². The van der Waals surface area contributed by atoms with Gasteiger partial charge in [0.05, 0.1) is 34.2 Å². The molecule has 1 aromatic carbocycles. The Balaban J connectivity index is 1.35. The largest absolute Gasteiger partial charge is 0.378 e. The molecule has 0 radical (unpaired) electrons. The van der Waals surface area contributed by atoms with Crippen LogP contribution in [0.4, 0.5) is 5.69 Å². The van der Waals surface area contributed by atoms with E-state index in [1.54, 1.807) is 4.90 Å². The summed E-state index contributed by atoms with van der Waals surface area (Å²) in [4.78, 5) is 32.9. The molecule has 0 spiro atoms. The number of amides is 2. The molecule has 4 fully saturated rings. The standard InChI is InChI=1S/C27H37ClN4O3/c1-16-11-17(9-10-35-16)32-20(33)12-25(5,31-23(32)29)18-7-6-8-19(21(18)28)30-22(34)26-13-27(14-26,15-26)24(2,3)4/h6-8,16-17H,9-15H2,1-5H3,(H2,29,31)(H,30,34)/t16-,17-,25+,26?,27?/m1/s1. The molecule has 8 heteroatoms. The number of carbonyl (C=O) groups is 2. The summed E-state index contributed by atoms with van der Waals surface area (Å²) in [5.74, 6) is 0.191. The lowest BCUT2D eigenvalue weighted by Gasteiger charge is -2.74. The fourth-order valence-corrected chi connectivity index (χ4v) is 7.11. The highest BCUT2D eigenvalue weighted by Crippen LogP contribution is 2.79. The van der Waals surface area contributed by atoms with Crippen molar-refractivity contribution in [1.82, 2.24) is 4.90 Å². The molecule has 2 amide bonds. The van der Waals surface area contributed by atoms with Gasteiger partial charge in [0.25, 0.3) is 0 Å². The number of ether oxygens (including phenoxy) is 1. The summed E-state index contributed by atoms with van der Waals surface area (Å²) in [6.07, 6.45) is 4.51. The van der Waals surface area contributed by atoms with Crippen LogP contribution in [-0.2, 0) is 19.9 Å². The lowest BCUT2D eigenvalue weighted by Crippen LogP contribution is -2.70. The van der Waals surface area contributed by atoms with E-state index in [0.717, 1.165) is 32.1 Å². The molecule has 2 bridgehead atoms. The van der Waals surface area contributed by atoms with Gasteiger partial charge in [-0.1, -0.05) is 44.5 Å². The first-order valence-electron chi connectivity index (χ1n) is 12.7. The number of rotatable bonds is 4. The zero-order valence-corrected chi connectivity index (χ0v) is 22.2. The van der Waals surface area contributed by atoms with Crippen LogP contribution in [-0.4, -0.2) is 41.4 Å². The van der Waals surface area contributed by atoms with Crippen LogP contribution in [0.25, 0.3) is 0 Å². The molecule has 3 N–H and O–H groups in total. The van der Waals surface area contributed by atoms with Gasteiger partial charge in [0, 0.05) is 18.2 Å². The highest BCUT2D eigenvalue weighted by Gasteiger charge is 2.74. The quantitative estimate of drug-likeness (QED) is 0.619. The molecular formula is C27H37ClN4O3. The molecule has 3 saturated carbocycles. The highest BCUT2D eigenvalue weighted by atomic mass is 35.5. The molecule has 2 heterocycles. The van der Waals surface area contributed by atoms with E-state index in [1.807, 2.05) is 32.0 Å². The minimum atomic E-state index is -0.904. The third-order valence-electron chi connectivity index (χ3n) is 9.13. The summed E-state index contributed by atoms with van der Waals surface area (Å²) in [5, 5.41) is 3.50. The van der Waals surface area contributed by atoms with E-state index in [4.69, 9.17) is 27.1 Å². The fraction of sp³-hybridized carbons (Fsp3) is 0.667. The fourth-order valence-electron chi connectivity index (χ4n) is 6.73. The third kappa shape index (κ3) is 3.77. The Bertz CT molecular complexity index is 1090. The summed E-state index contributed by atoms with van der Waals surface area (Å²) in [7, 11) is 0. The maximum absolute atomic E-state index is 13.3. The van der Waals surface area contributed by atoms with Gasteiger partial charge >= 0.3 is 0 Å². The van der Waals surface area contributed by atoms with E-state index >= 15 is 0 Å². The SMILES string of the molecule is C[C@@H]1C[C@H](N2C(=O)C[C@@](C)(c3cccc(NC(=O)C45CC(C(C)(C)C)(C4)C5)c3Cl)N=C2N)CCO1. The number of hydrogen-bond acceptors (Lipinski definition) is 5. The number of aliphatic imine (C=N–C) groups is 1. The molecule has 2 aliphatic heterocycles. The van der Waals surface area contributed by atoms with E-state index in [-0.39, 0.29) is 52.6 Å². The van der Waals surface area contributed by atoms with Crippen molar-refractivity contribution in [3.05, 3.63) is 28.8 Å². The molecule has 0 aromatic heterocycles. The average molecular weight is 501 g/mol. The Morgan fingerprint density at radius 3 is 2.57 bits per heavy atom. The van der Waals surface area contributed by atoms with Crippen molar-refractivity contribution in [2.24, 2.45) is 27.0 Å². The number of anilines is 1. The monoisotopic (exact) mass is 500 g/mol. The molecule has 35 heavy (non-hydrogen) atoms. The van der Waals surface area contributed by atoms with Gasteiger partial charge in [0.1, 0.15) is 0 Å². The number of hydrogen-bond donors (Lipinski definition) is 2. The van der Waals surface area contributed by atoms with Crippen molar-refractivity contribution in [3.8, 4) is 0 Å². The van der Waals surface area contributed by atoms with Crippen molar-refractivity contribution < 1.29 is 14.3 Å². The number of halogens is 1. The normalized spacial score (nSPS) is 36.7. The van der Waals surface area contributed by atoms with E-state index in [2.05, 4.69) is 26.1 Å². The zero-order valence-electron chi connectivity index (χ0n) is 21.4. The van der Waals surface area contributed by atoms with Crippen LogP contribution >= 0.6 is 11.6 Å². The van der Waals surface area contributed by atoms with Crippen LogP contribution in [0.15, 0.2) is 23.2 Å². The number of benzene rings is 1. The maximum atomic E-state index is 13.3. The van der Waals surface area contributed by atoms with Gasteiger partial charge in [-0.3, -0.25) is 14.5 Å². The van der Waals surface area contributed by atoms with Crippen LogP contribution in [0, 0.1) is 16.2 Å². The Morgan fingerprint density at radius 2 is 1.97 bits per heavy atom. The number of nitrogens with one attached hydrogen (secondary N) is 1. The molecular weight excluding hydrogens is 464 g/mol.